The van der Waals surface area contributed by atoms with Crippen LogP contribution in [-0.4, -0.2) is 23.2 Å². The van der Waals surface area contributed by atoms with E-state index in [1.807, 2.05) is 43.3 Å². The molecule has 0 bridgehead atoms. The van der Waals surface area contributed by atoms with E-state index >= 15 is 0 Å². The lowest BCUT2D eigenvalue weighted by Gasteiger charge is -2.25. The average molecular weight is 838 g/mol. The predicted molar refractivity (Wildman–Crippen MR) is 185 cm³/mol. The number of aromatic nitrogens is 1. The van der Waals surface area contributed by atoms with E-state index in [9.17, 15) is 14.0 Å². The maximum absolute atomic E-state index is 14.3. The Balaban J connectivity index is 1.64. The molecule has 0 saturated carbocycles. The van der Waals surface area contributed by atoms with Gasteiger partial charge in [0.2, 0.25) is 0 Å². The first-order valence-corrected chi connectivity index (χ1v) is 16.9. The highest BCUT2D eigenvalue weighted by molar-refractivity contribution is 14.1. The van der Waals surface area contributed by atoms with Crippen LogP contribution in [0.1, 0.15) is 50.4 Å². The van der Waals surface area contributed by atoms with E-state index in [0.29, 0.717) is 49.8 Å². The van der Waals surface area contributed by atoms with Gasteiger partial charge in [-0.3, -0.25) is 9.36 Å². The fraction of sp³-hybridized carbons (Fsp3) is 0.242. The van der Waals surface area contributed by atoms with Crippen molar-refractivity contribution in [3.05, 3.63) is 121 Å². The number of nitrogens with zero attached hydrogens (tertiary/aromatic N) is 2. The molecule has 0 spiro atoms. The molecule has 1 aromatic heterocycles. The molecule has 44 heavy (non-hydrogen) atoms. The van der Waals surface area contributed by atoms with Gasteiger partial charge in [-0.1, -0.05) is 41.7 Å². The van der Waals surface area contributed by atoms with Crippen molar-refractivity contribution in [1.29, 1.82) is 0 Å². The van der Waals surface area contributed by atoms with Crippen LogP contribution in [0.15, 0.2) is 81.7 Å². The highest BCUT2D eigenvalue weighted by atomic mass is 127. The van der Waals surface area contributed by atoms with Crippen molar-refractivity contribution in [3.8, 4) is 11.5 Å². The number of benzene rings is 3. The first kappa shape index (κ1) is 32.4. The third-order valence-electron chi connectivity index (χ3n) is 6.74. The van der Waals surface area contributed by atoms with Crippen molar-refractivity contribution in [1.82, 2.24) is 4.57 Å². The van der Waals surface area contributed by atoms with Crippen molar-refractivity contribution in [2.75, 3.05) is 6.61 Å². The molecule has 7 nitrogen and oxygen atoms in total. The number of rotatable bonds is 9. The second-order valence-electron chi connectivity index (χ2n) is 10.2. The zero-order valence-corrected chi connectivity index (χ0v) is 29.5. The van der Waals surface area contributed by atoms with E-state index in [2.05, 4.69) is 50.2 Å². The lowest BCUT2D eigenvalue weighted by atomic mass is 9.96. The van der Waals surface area contributed by atoms with Gasteiger partial charge in [-0.25, -0.2) is 14.2 Å². The van der Waals surface area contributed by atoms with Crippen molar-refractivity contribution in [2.24, 2.45) is 4.99 Å². The molecule has 2 heterocycles. The predicted octanol–water partition coefficient (Wildman–Crippen LogP) is 6.51. The Bertz CT molecular complexity index is 1930. The maximum Gasteiger partial charge on any atom is 0.338 e. The maximum atomic E-state index is 14.3. The zero-order chi connectivity index (χ0) is 31.5. The monoisotopic (exact) mass is 838 g/mol. The molecule has 1 aliphatic heterocycles. The second-order valence-corrected chi connectivity index (χ2v) is 13.6. The Morgan fingerprint density at radius 2 is 1.84 bits per heavy atom. The van der Waals surface area contributed by atoms with Crippen molar-refractivity contribution < 1.29 is 23.4 Å². The van der Waals surface area contributed by atoms with E-state index in [1.165, 1.54) is 17.4 Å². The van der Waals surface area contributed by atoms with E-state index < -0.39 is 12.0 Å². The standard InChI is InChI=1S/C33H29FI2N2O5S/c1-5-41-24-12-10-20(11-13-24)29-28(32(40)43-18(2)3)19(4)37-33-38(29)31(39)27(44-33)15-22-14-23(35)16-26(36)30(22)42-17-21-8-6-7-9-25(21)34/h6-16,18,29H,5,17H2,1-4H3/b27-15+/t29-/m0/s1. The molecular formula is C33H29FI2N2O5S. The summed E-state index contributed by atoms with van der Waals surface area (Å²) in [5.74, 6) is 0.358. The minimum atomic E-state index is -0.747. The quantitative estimate of drug-likeness (QED) is 0.142. The molecule has 3 aromatic carbocycles. The summed E-state index contributed by atoms with van der Waals surface area (Å²) in [5.41, 5.74) is 2.32. The highest BCUT2D eigenvalue weighted by Crippen LogP contribution is 2.33. The van der Waals surface area contributed by atoms with E-state index in [0.717, 1.165) is 12.7 Å². The number of ether oxygens (including phenoxy) is 3. The van der Waals surface area contributed by atoms with Gasteiger partial charge in [-0.15, -0.1) is 0 Å². The summed E-state index contributed by atoms with van der Waals surface area (Å²) < 4.78 is 35.4. The Kier molecular flexibility index (Phi) is 10.3. The summed E-state index contributed by atoms with van der Waals surface area (Å²) in [7, 11) is 0. The molecule has 0 radical (unpaired) electrons. The molecule has 1 atom stereocenters. The molecule has 0 N–H and O–H groups in total. The van der Waals surface area contributed by atoms with Gasteiger partial charge in [-0.05, 0) is 115 Å². The van der Waals surface area contributed by atoms with Gasteiger partial charge in [0.1, 0.15) is 23.9 Å². The van der Waals surface area contributed by atoms with Gasteiger partial charge in [-0.2, -0.15) is 0 Å². The van der Waals surface area contributed by atoms with Crippen molar-refractivity contribution in [2.45, 2.75) is 46.4 Å². The number of carbonyl (C=O) groups is 1. The molecule has 0 aliphatic carbocycles. The van der Waals surface area contributed by atoms with Crippen LogP contribution in [0, 0.1) is 13.0 Å². The Labute approximate surface area is 285 Å². The number of halogens is 3. The molecule has 0 fully saturated rings. The average Bonchev–Trinajstić information content (AvgIpc) is 3.26. The number of hydrogen-bond donors (Lipinski definition) is 0. The third kappa shape index (κ3) is 6.94. The van der Waals surface area contributed by atoms with Gasteiger partial charge in [0, 0.05) is 14.7 Å². The molecule has 4 aromatic rings. The third-order valence-corrected chi connectivity index (χ3v) is 9.15. The van der Waals surface area contributed by atoms with E-state index in [-0.39, 0.29) is 24.1 Å². The first-order valence-electron chi connectivity index (χ1n) is 13.9. The number of fused-ring (bicyclic) bond motifs is 1. The largest absolute Gasteiger partial charge is 0.494 e. The molecule has 228 valence electrons. The minimum absolute atomic E-state index is 0.0314. The topological polar surface area (TPSA) is 79.1 Å². The molecule has 0 unspecified atom stereocenters. The number of allylic oxidation sites excluding steroid dienone is 1. The Morgan fingerprint density at radius 1 is 1.11 bits per heavy atom. The van der Waals surface area contributed by atoms with Crippen LogP contribution in [0.4, 0.5) is 4.39 Å². The van der Waals surface area contributed by atoms with Crippen LogP contribution in [0.2, 0.25) is 0 Å². The first-order chi connectivity index (χ1) is 21.1. The van der Waals surface area contributed by atoms with Crippen LogP contribution < -0.4 is 24.4 Å². The fourth-order valence-corrected chi connectivity index (χ4v) is 7.92. The van der Waals surface area contributed by atoms with Gasteiger partial charge in [0.15, 0.2) is 4.80 Å². The number of carbonyl (C=O) groups excluding carboxylic acids is 1. The lowest BCUT2D eigenvalue weighted by molar-refractivity contribution is -0.143. The normalized spacial score (nSPS) is 14.8. The molecule has 0 amide bonds. The van der Waals surface area contributed by atoms with E-state index in [1.54, 1.807) is 49.6 Å². The molecule has 5 rings (SSSR count). The Hall–Kier alpha value is -3.04. The smallest absolute Gasteiger partial charge is 0.338 e. The molecule has 1 aliphatic rings. The Morgan fingerprint density at radius 3 is 2.52 bits per heavy atom. The van der Waals surface area contributed by atoms with Crippen molar-refractivity contribution in [3.63, 3.8) is 0 Å². The van der Waals surface area contributed by atoms with Gasteiger partial charge in [0.05, 0.1) is 38.1 Å². The number of esters is 1. The van der Waals surface area contributed by atoms with Crippen LogP contribution in [0.3, 0.4) is 0 Å². The fourth-order valence-electron chi connectivity index (χ4n) is 4.84. The summed E-state index contributed by atoms with van der Waals surface area (Å²) in [5, 5.41) is 0. The SMILES string of the molecule is CCOc1ccc([C@H]2C(C(=O)OC(C)C)=C(C)N=c3s/c(=C/c4cc(I)cc(I)c4OCc4ccccc4F)c(=O)n32)cc1. The van der Waals surface area contributed by atoms with Crippen molar-refractivity contribution >= 4 is 68.6 Å². The summed E-state index contributed by atoms with van der Waals surface area (Å²) in [4.78, 5) is 32.7. The molecule has 0 saturated heterocycles. The zero-order valence-electron chi connectivity index (χ0n) is 24.4. The molecular weight excluding hydrogens is 809 g/mol. The minimum Gasteiger partial charge on any atom is -0.494 e. The summed E-state index contributed by atoms with van der Waals surface area (Å²) in [6.45, 7) is 7.77. The summed E-state index contributed by atoms with van der Waals surface area (Å²) in [6.07, 6.45) is 1.42. The van der Waals surface area contributed by atoms with Gasteiger partial charge in [0.25, 0.3) is 5.56 Å². The van der Waals surface area contributed by atoms with E-state index in [4.69, 9.17) is 14.2 Å². The number of thiazole rings is 1. The van der Waals surface area contributed by atoms with Gasteiger partial charge >= 0.3 is 5.97 Å². The lowest BCUT2D eigenvalue weighted by Crippen LogP contribution is -2.40. The van der Waals surface area contributed by atoms with Crippen LogP contribution in [0.5, 0.6) is 11.5 Å². The second kappa shape index (κ2) is 13.9. The van der Waals surface area contributed by atoms with Gasteiger partial charge < -0.3 is 14.2 Å². The summed E-state index contributed by atoms with van der Waals surface area (Å²) >= 11 is 5.63. The number of hydrogen-bond acceptors (Lipinski definition) is 7. The van der Waals surface area contributed by atoms with Crippen LogP contribution in [0.25, 0.3) is 6.08 Å². The van der Waals surface area contributed by atoms with Crippen LogP contribution >= 0.6 is 56.5 Å². The summed E-state index contributed by atoms with van der Waals surface area (Å²) in [6, 6.07) is 16.9. The molecule has 11 heteroatoms. The highest BCUT2D eigenvalue weighted by Gasteiger charge is 2.34. The van der Waals surface area contributed by atoms with Crippen LogP contribution in [-0.2, 0) is 16.1 Å².